The van der Waals surface area contributed by atoms with E-state index in [0.29, 0.717) is 6.04 Å². The highest BCUT2D eigenvalue weighted by Gasteiger charge is 2.03. The fraction of sp³-hybridized carbons (Fsp3) is 0.556. The maximum Gasteiger partial charge on any atom is 0.148 e. The maximum atomic E-state index is 3.93. The van der Waals surface area contributed by atoms with Gasteiger partial charge >= 0.3 is 0 Å². The van der Waals surface area contributed by atoms with Crippen LogP contribution in [0.4, 0.5) is 5.82 Å². The lowest BCUT2D eigenvalue weighted by Gasteiger charge is -2.19. The molecule has 0 aliphatic carbocycles. The van der Waals surface area contributed by atoms with E-state index in [9.17, 15) is 0 Å². The first-order chi connectivity index (χ1) is 6.20. The molecule has 1 heterocycles. The van der Waals surface area contributed by atoms with E-state index in [-0.39, 0.29) is 0 Å². The van der Waals surface area contributed by atoms with Gasteiger partial charge in [0.15, 0.2) is 0 Å². The number of hydrogen-bond acceptors (Lipinski definition) is 4. The van der Waals surface area contributed by atoms with Gasteiger partial charge in [0.2, 0.25) is 0 Å². The number of rotatable bonds is 4. The van der Waals surface area contributed by atoms with E-state index in [1.807, 2.05) is 12.1 Å². The Kier molecular flexibility index (Phi) is 3.64. The van der Waals surface area contributed by atoms with Gasteiger partial charge < -0.3 is 10.2 Å². The minimum absolute atomic E-state index is 0.488. The molecular formula is C9H16N4. The zero-order valence-corrected chi connectivity index (χ0v) is 8.36. The molecule has 4 heteroatoms. The molecule has 1 unspecified atom stereocenters. The summed E-state index contributed by atoms with van der Waals surface area (Å²) in [5.41, 5.74) is 0. The summed E-state index contributed by atoms with van der Waals surface area (Å²) in [6, 6.07) is 4.27. The van der Waals surface area contributed by atoms with Crippen LogP contribution in [0.3, 0.4) is 0 Å². The number of hydrogen-bond donors (Lipinski definition) is 1. The molecule has 0 aliphatic rings. The molecular weight excluding hydrogens is 164 g/mol. The molecule has 0 aromatic carbocycles. The van der Waals surface area contributed by atoms with Gasteiger partial charge in [0.1, 0.15) is 5.82 Å². The lowest BCUT2D eigenvalue weighted by molar-refractivity contribution is 0.326. The molecule has 4 nitrogen and oxygen atoms in total. The van der Waals surface area contributed by atoms with Crippen LogP contribution in [-0.2, 0) is 0 Å². The second-order valence-corrected chi connectivity index (χ2v) is 3.30. The Morgan fingerprint density at radius 3 is 2.85 bits per heavy atom. The summed E-state index contributed by atoms with van der Waals surface area (Å²) in [5.74, 6) is 0.830. The molecule has 0 aliphatic heterocycles. The molecule has 72 valence electrons. The summed E-state index contributed by atoms with van der Waals surface area (Å²) in [6.45, 7) is 3.04. The van der Waals surface area contributed by atoms with Crippen molar-refractivity contribution in [3.63, 3.8) is 0 Å². The molecule has 0 bridgehead atoms. The molecule has 0 spiro atoms. The quantitative estimate of drug-likeness (QED) is 0.745. The predicted molar refractivity (Wildman–Crippen MR) is 53.7 cm³/mol. The maximum absolute atomic E-state index is 3.93. The first-order valence-electron chi connectivity index (χ1n) is 4.38. The van der Waals surface area contributed by atoms with Crippen molar-refractivity contribution in [3.05, 3.63) is 18.3 Å². The smallest absolute Gasteiger partial charge is 0.148 e. The van der Waals surface area contributed by atoms with Gasteiger partial charge in [-0.3, -0.25) is 0 Å². The first-order valence-corrected chi connectivity index (χ1v) is 4.38. The molecule has 0 saturated heterocycles. The molecule has 1 aromatic heterocycles. The average Bonchev–Trinajstić information content (AvgIpc) is 2.15. The van der Waals surface area contributed by atoms with Gasteiger partial charge in [0.05, 0.1) is 0 Å². The topological polar surface area (TPSA) is 41.1 Å². The number of aromatic nitrogens is 2. The van der Waals surface area contributed by atoms with Crippen molar-refractivity contribution < 1.29 is 0 Å². The van der Waals surface area contributed by atoms with E-state index in [1.54, 1.807) is 6.20 Å². The Morgan fingerprint density at radius 1 is 1.54 bits per heavy atom. The van der Waals surface area contributed by atoms with Gasteiger partial charge in [-0.25, -0.2) is 0 Å². The van der Waals surface area contributed by atoms with Gasteiger partial charge in [0, 0.05) is 18.8 Å². The van der Waals surface area contributed by atoms with E-state index >= 15 is 0 Å². The minimum Gasteiger partial charge on any atom is -0.367 e. The number of likely N-dealkylation sites (N-methyl/N-ethyl adjacent to an activating group) is 1. The van der Waals surface area contributed by atoms with E-state index < -0.39 is 0 Å². The van der Waals surface area contributed by atoms with Crippen LogP contribution in [0.2, 0.25) is 0 Å². The zero-order valence-electron chi connectivity index (χ0n) is 8.36. The molecule has 0 amide bonds. The SMILES string of the molecule is CC(CNc1cccnn1)N(C)C. The van der Waals surface area contributed by atoms with Crippen LogP contribution >= 0.6 is 0 Å². The van der Waals surface area contributed by atoms with E-state index in [0.717, 1.165) is 12.4 Å². The predicted octanol–water partition coefficient (Wildman–Crippen LogP) is 0.839. The Morgan fingerprint density at radius 2 is 2.31 bits per heavy atom. The fourth-order valence-electron chi connectivity index (χ4n) is 0.831. The van der Waals surface area contributed by atoms with Crippen molar-refractivity contribution in [2.45, 2.75) is 13.0 Å². The van der Waals surface area contributed by atoms with E-state index in [2.05, 4.69) is 41.4 Å². The minimum atomic E-state index is 0.488. The highest BCUT2D eigenvalue weighted by Crippen LogP contribution is 1.99. The molecule has 0 fully saturated rings. The van der Waals surface area contributed by atoms with Crippen LogP contribution in [0.5, 0.6) is 0 Å². The normalized spacial score (nSPS) is 12.9. The summed E-state index contributed by atoms with van der Waals surface area (Å²) in [4.78, 5) is 2.16. The van der Waals surface area contributed by atoms with E-state index in [1.165, 1.54) is 0 Å². The van der Waals surface area contributed by atoms with Gasteiger partial charge in [-0.1, -0.05) is 0 Å². The summed E-state index contributed by atoms with van der Waals surface area (Å²) < 4.78 is 0. The third-order valence-electron chi connectivity index (χ3n) is 2.03. The average molecular weight is 180 g/mol. The lowest BCUT2D eigenvalue weighted by atomic mass is 10.3. The molecule has 13 heavy (non-hydrogen) atoms. The largest absolute Gasteiger partial charge is 0.367 e. The summed E-state index contributed by atoms with van der Waals surface area (Å²) in [6.07, 6.45) is 1.67. The van der Waals surface area contributed by atoms with Crippen molar-refractivity contribution in [1.29, 1.82) is 0 Å². The van der Waals surface area contributed by atoms with Gasteiger partial charge in [-0.15, -0.1) is 5.10 Å². The second-order valence-electron chi connectivity index (χ2n) is 3.30. The number of nitrogens with one attached hydrogen (secondary N) is 1. The summed E-state index contributed by atoms with van der Waals surface area (Å²) >= 11 is 0. The van der Waals surface area contributed by atoms with Crippen LogP contribution in [0.25, 0.3) is 0 Å². The third-order valence-corrected chi connectivity index (χ3v) is 2.03. The molecule has 1 atom stereocenters. The molecule has 1 aromatic rings. The number of anilines is 1. The molecule has 0 saturated carbocycles. The van der Waals surface area contributed by atoms with Crippen molar-refractivity contribution in [2.75, 3.05) is 26.0 Å². The van der Waals surface area contributed by atoms with Crippen LogP contribution in [0.1, 0.15) is 6.92 Å². The fourth-order valence-corrected chi connectivity index (χ4v) is 0.831. The van der Waals surface area contributed by atoms with Crippen molar-refractivity contribution in [3.8, 4) is 0 Å². The van der Waals surface area contributed by atoms with E-state index in [4.69, 9.17) is 0 Å². The van der Waals surface area contributed by atoms with Gasteiger partial charge in [0.25, 0.3) is 0 Å². The Hall–Kier alpha value is -1.16. The Bertz CT molecular complexity index is 235. The highest BCUT2D eigenvalue weighted by molar-refractivity contribution is 5.31. The zero-order chi connectivity index (χ0) is 9.68. The first kappa shape index (κ1) is 9.92. The summed E-state index contributed by atoms with van der Waals surface area (Å²) in [7, 11) is 4.12. The van der Waals surface area contributed by atoms with Gasteiger partial charge in [-0.2, -0.15) is 5.10 Å². The van der Waals surface area contributed by atoms with Crippen molar-refractivity contribution in [1.82, 2.24) is 15.1 Å². The highest BCUT2D eigenvalue weighted by atomic mass is 15.2. The summed E-state index contributed by atoms with van der Waals surface area (Å²) in [5, 5.41) is 10.9. The third kappa shape index (κ3) is 3.38. The Labute approximate surface area is 79.0 Å². The lowest BCUT2D eigenvalue weighted by Crippen LogP contribution is -2.31. The molecule has 1 N–H and O–H groups in total. The molecule has 1 rings (SSSR count). The Balaban J connectivity index is 2.35. The van der Waals surface area contributed by atoms with Crippen LogP contribution in [0, 0.1) is 0 Å². The van der Waals surface area contributed by atoms with Crippen LogP contribution in [0.15, 0.2) is 18.3 Å². The monoisotopic (exact) mass is 180 g/mol. The second kappa shape index (κ2) is 4.77. The number of nitrogens with zero attached hydrogens (tertiary/aromatic N) is 3. The van der Waals surface area contributed by atoms with Crippen molar-refractivity contribution in [2.24, 2.45) is 0 Å². The van der Waals surface area contributed by atoms with Crippen LogP contribution < -0.4 is 5.32 Å². The standard InChI is InChI=1S/C9H16N4/c1-8(13(2)3)7-10-9-5-4-6-11-12-9/h4-6,8H,7H2,1-3H3,(H,10,12). The van der Waals surface area contributed by atoms with Gasteiger partial charge in [-0.05, 0) is 33.2 Å². The molecule has 0 radical (unpaired) electrons. The van der Waals surface area contributed by atoms with Crippen molar-refractivity contribution >= 4 is 5.82 Å². The van der Waals surface area contributed by atoms with Crippen LogP contribution in [-0.4, -0.2) is 41.8 Å².